The van der Waals surface area contributed by atoms with Crippen LogP contribution < -0.4 is 0 Å². The largest absolute Gasteiger partial charge is 0.469 e. The van der Waals surface area contributed by atoms with Crippen molar-refractivity contribution in [2.45, 2.75) is 32.4 Å². The third-order valence-corrected chi connectivity index (χ3v) is 3.44. The van der Waals surface area contributed by atoms with Crippen molar-refractivity contribution in [3.05, 3.63) is 34.9 Å². The van der Waals surface area contributed by atoms with Crippen molar-refractivity contribution in [3.8, 4) is 0 Å². The van der Waals surface area contributed by atoms with Crippen molar-refractivity contribution < 1.29 is 14.6 Å². The van der Waals surface area contributed by atoms with E-state index in [0.717, 1.165) is 5.56 Å². The fraction of sp³-hybridized carbons (Fsp3) is 0.533. The van der Waals surface area contributed by atoms with Gasteiger partial charge in [0.05, 0.1) is 19.6 Å². The van der Waals surface area contributed by atoms with Crippen molar-refractivity contribution >= 4 is 17.6 Å². The average Bonchev–Trinajstić information content (AvgIpc) is 2.42. The Morgan fingerprint density at radius 3 is 2.70 bits per heavy atom. The Balaban J connectivity index is 2.63. The molecule has 5 heteroatoms. The van der Waals surface area contributed by atoms with E-state index in [1.54, 1.807) is 12.1 Å². The molecule has 112 valence electrons. The van der Waals surface area contributed by atoms with E-state index in [1.807, 2.05) is 30.9 Å². The van der Waals surface area contributed by atoms with E-state index >= 15 is 0 Å². The van der Waals surface area contributed by atoms with Crippen LogP contribution in [0.15, 0.2) is 24.3 Å². The molecule has 0 bridgehead atoms. The van der Waals surface area contributed by atoms with Crippen LogP contribution in [0.4, 0.5) is 0 Å². The van der Waals surface area contributed by atoms with Gasteiger partial charge in [-0.25, -0.2) is 0 Å². The number of carbonyl (C=O) groups is 1. The predicted octanol–water partition coefficient (Wildman–Crippen LogP) is 2.65. The highest BCUT2D eigenvalue weighted by Crippen LogP contribution is 2.19. The maximum Gasteiger partial charge on any atom is 0.306 e. The van der Waals surface area contributed by atoms with Gasteiger partial charge in [0.25, 0.3) is 0 Å². The Labute approximate surface area is 125 Å². The predicted molar refractivity (Wildman–Crippen MR) is 79.8 cm³/mol. The minimum absolute atomic E-state index is 0.230. The molecule has 1 aromatic rings. The van der Waals surface area contributed by atoms with E-state index < -0.39 is 6.10 Å². The van der Waals surface area contributed by atoms with E-state index in [0.29, 0.717) is 24.5 Å². The summed E-state index contributed by atoms with van der Waals surface area (Å²) >= 11 is 5.92. The van der Waals surface area contributed by atoms with E-state index in [1.165, 1.54) is 7.11 Å². The van der Waals surface area contributed by atoms with Crippen LogP contribution in [0.1, 0.15) is 31.9 Å². The molecule has 0 heterocycles. The lowest BCUT2D eigenvalue weighted by Crippen LogP contribution is -2.36. The molecule has 1 N–H and O–H groups in total. The summed E-state index contributed by atoms with van der Waals surface area (Å²) in [6, 6.07) is 7.42. The number of ether oxygens (including phenoxy) is 1. The molecular weight excluding hydrogens is 278 g/mol. The van der Waals surface area contributed by atoms with Crippen LogP contribution in [-0.2, 0) is 9.53 Å². The lowest BCUT2D eigenvalue weighted by Gasteiger charge is -2.28. The zero-order valence-corrected chi connectivity index (χ0v) is 12.9. The normalized spacial score (nSPS) is 12.8. The molecule has 4 nitrogen and oxygen atoms in total. The third-order valence-electron chi connectivity index (χ3n) is 3.20. The number of carbonyl (C=O) groups excluding carboxylic acids is 1. The topological polar surface area (TPSA) is 49.8 Å². The number of nitrogens with zero attached hydrogens (tertiary/aromatic N) is 1. The molecule has 0 saturated carbocycles. The molecule has 0 radical (unpaired) electrons. The molecule has 0 aromatic heterocycles. The van der Waals surface area contributed by atoms with Crippen molar-refractivity contribution in [1.29, 1.82) is 0 Å². The smallest absolute Gasteiger partial charge is 0.306 e. The van der Waals surface area contributed by atoms with Crippen LogP contribution in [0.2, 0.25) is 5.02 Å². The number of rotatable bonds is 7. The third kappa shape index (κ3) is 5.49. The van der Waals surface area contributed by atoms with Gasteiger partial charge < -0.3 is 9.84 Å². The van der Waals surface area contributed by atoms with Gasteiger partial charge in [-0.3, -0.25) is 9.69 Å². The van der Waals surface area contributed by atoms with E-state index in [-0.39, 0.29) is 12.0 Å². The van der Waals surface area contributed by atoms with Gasteiger partial charge in [0.1, 0.15) is 0 Å². The van der Waals surface area contributed by atoms with Crippen molar-refractivity contribution in [3.63, 3.8) is 0 Å². The van der Waals surface area contributed by atoms with Crippen molar-refractivity contribution in [2.24, 2.45) is 0 Å². The molecule has 20 heavy (non-hydrogen) atoms. The summed E-state index contributed by atoms with van der Waals surface area (Å²) in [5.74, 6) is -0.243. The highest BCUT2D eigenvalue weighted by molar-refractivity contribution is 6.30. The molecule has 1 atom stereocenters. The van der Waals surface area contributed by atoms with Crippen LogP contribution in [-0.4, -0.2) is 42.2 Å². The number of aliphatic hydroxyl groups excluding tert-OH is 1. The monoisotopic (exact) mass is 299 g/mol. The van der Waals surface area contributed by atoms with Crippen molar-refractivity contribution in [1.82, 2.24) is 4.90 Å². The summed E-state index contributed by atoms with van der Waals surface area (Å²) in [4.78, 5) is 13.3. The second-order valence-electron chi connectivity index (χ2n) is 4.99. The van der Waals surface area contributed by atoms with Gasteiger partial charge in [-0.1, -0.05) is 23.7 Å². The number of hydrogen-bond donors (Lipinski definition) is 1. The molecule has 0 amide bonds. The van der Waals surface area contributed by atoms with Gasteiger partial charge in [-0.2, -0.15) is 0 Å². The molecule has 0 fully saturated rings. The van der Waals surface area contributed by atoms with Crippen LogP contribution in [0, 0.1) is 0 Å². The van der Waals surface area contributed by atoms with Crippen LogP contribution in [0.3, 0.4) is 0 Å². The Morgan fingerprint density at radius 1 is 1.45 bits per heavy atom. The van der Waals surface area contributed by atoms with Gasteiger partial charge in [0.15, 0.2) is 0 Å². The highest BCUT2D eigenvalue weighted by Gasteiger charge is 2.17. The van der Waals surface area contributed by atoms with Gasteiger partial charge >= 0.3 is 5.97 Å². The van der Waals surface area contributed by atoms with Crippen LogP contribution >= 0.6 is 11.6 Å². The molecule has 1 aromatic carbocycles. The molecular formula is C15H22ClNO3. The van der Waals surface area contributed by atoms with Crippen LogP contribution in [0.5, 0.6) is 0 Å². The van der Waals surface area contributed by atoms with E-state index in [4.69, 9.17) is 11.6 Å². The number of aliphatic hydroxyl groups is 1. The second-order valence-corrected chi connectivity index (χ2v) is 5.42. The SMILES string of the molecule is COC(=O)CCN(CC(O)c1cccc(Cl)c1)C(C)C. The number of esters is 1. The maximum absolute atomic E-state index is 11.2. The zero-order valence-electron chi connectivity index (χ0n) is 12.2. The highest BCUT2D eigenvalue weighted by atomic mass is 35.5. The lowest BCUT2D eigenvalue weighted by molar-refractivity contribution is -0.141. The molecule has 1 rings (SSSR count). The van der Waals surface area contributed by atoms with Gasteiger partial charge in [0.2, 0.25) is 0 Å². The van der Waals surface area contributed by atoms with Gasteiger partial charge in [-0.15, -0.1) is 0 Å². The average molecular weight is 300 g/mol. The first-order valence-corrected chi connectivity index (χ1v) is 7.06. The molecule has 1 unspecified atom stereocenters. The summed E-state index contributed by atoms with van der Waals surface area (Å²) in [6.45, 7) is 5.07. The molecule has 0 aliphatic rings. The Bertz CT molecular complexity index is 437. The summed E-state index contributed by atoms with van der Waals surface area (Å²) in [7, 11) is 1.38. The van der Waals surface area contributed by atoms with Gasteiger partial charge in [-0.05, 0) is 31.5 Å². The van der Waals surface area contributed by atoms with E-state index in [9.17, 15) is 9.90 Å². The van der Waals surface area contributed by atoms with Crippen LogP contribution in [0.25, 0.3) is 0 Å². The zero-order chi connectivity index (χ0) is 15.1. The summed E-state index contributed by atoms with van der Waals surface area (Å²) in [5.41, 5.74) is 0.779. The first kappa shape index (κ1) is 17.0. The second kappa shape index (κ2) is 8.25. The standard InChI is InChI=1S/C15H22ClNO3/c1-11(2)17(8-7-15(19)20-3)10-14(18)12-5-4-6-13(16)9-12/h4-6,9,11,14,18H,7-8,10H2,1-3H3. The first-order valence-electron chi connectivity index (χ1n) is 6.68. The summed E-state index contributed by atoms with van der Waals surface area (Å²) in [5, 5.41) is 10.9. The molecule has 0 spiro atoms. The Morgan fingerprint density at radius 2 is 2.15 bits per heavy atom. The molecule has 0 aliphatic carbocycles. The number of halogens is 1. The van der Waals surface area contributed by atoms with E-state index in [2.05, 4.69) is 4.74 Å². The fourth-order valence-electron chi connectivity index (χ4n) is 1.94. The summed E-state index contributed by atoms with van der Waals surface area (Å²) < 4.78 is 4.64. The maximum atomic E-state index is 11.2. The number of hydrogen-bond acceptors (Lipinski definition) is 4. The van der Waals surface area contributed by atoms with Gasteiger partial charge in [0, 0.05) is 24.2 Å². The quantitative estimate of drug-likeness (QED) is 0.786. The Hall–Kier alpha value is -1.10. The number of methoxy groups -OCH3 is 1. The summed E-state index contributed by atoms with van der Waals surface area (Å²) in [6.07, 6.45) is -0.314. The molecule has 0 aliphatic heterocycles. The number of benzene rings is 1. The van der Waals surface area contributed by atoms with Crippen molar-refractivity contribution in [2.75, 3.05) is 20.2 Å². The Kier molecular flexibility index (Phi) is 6.99. The molecule has 0 saturated heterocycles. The first-order chi connectivity index (χ1) is 9.43. The minimum Gasteiger partial charge on any atom is -0.469 e. The fourth-order valence-corrected chi connectivity index (χ4v) is 2.14. The lowest BCUT2D eigenvalue weighted by atomic mass is 10.1. The minimum atomic E-state index is -0.631.